The predicted octanol–water partition coefficient (Wildman–Crippen LogP) is 4.13. The average molecular weight is 460 g/mol. The molecule has 0 atom stereocenters. The van der Waals surface area contributed by atoms with Crippen molar-refractivity contribution in [2.75, 3.05) is 13.7 Å². The van der Waals surface area contributed by atoms with Crippen molar-refractivity contribution in [3.8, 4) is 17.2 Å². The number of carbonyl (C=O) groups is 2. The first-order valence-corrected chi connectivity index (χ1v) is 9.52. The van der Waals surface area contributed by atoms with Gasteiger partial charge in [-0.15, -0.1) is 0 Å². The van der Waals surface area contributed by atoms with Crippen LogP contribution in [0.5, 0.6) is 17.2 Å². The lowest BCUT2D eigenvalue weighted by molar-refractivity contribution is -0.132. The van der Waals surface area contributed by atoms with Crippen molar-refractivity contribution in [3.63, 3.8) is 0 Å². The molecule has 0 aliphatic carbocycles. The fourth-order valence-corrected chi connectivity index (χ4v) is 3.16. The quantitative estimate of drug-likeness (QED) is 0.366. The third-order valence-electron chi connectivity index (χ3n) is 3.83. The third-order valence-corrected chi connectivity index (χ3v) is 4.42. The lowest BCUT2D eigenvalue weighted by atomic mass is 10.1. The number of rotatable bonds is 6. The summed E-state index contributed by atoms with van der Waals surface area (Å²) in [6.07, 6.45) is 1.56. The van der Waals surface area contributed by atoms with Crippen LogP contribution in [-0.4, -0.2) is 31.6 Å². The van der Waals surface area contributed by atoms with E-state index < -0.39 is 11.9 Å². The van der Waals surface area contributed by atoms with Crippen molar-refractivity contribution in [1.29, 1.82) is 0 Å². The van der Waals surface area contributed by atoms with Crippen LogP contribution in [0, 0.1) is 0 Å². The Labute approximate surface area is 176 Å². The van der Waals surface area contributed by atoms with Gasteiger partial charge in [0.15, 0.2) is 17.2 Å². The molecular formula is C21H18BrNO6. The van der Waals surface area contributed by atoms with E-state index in [0.717, 1.165) is 5.75 Å². The van der Waals surface area contributed by atoms with Crippen molar-refractivity contribution < 1.29 is 28.5 Å². The molecule has 2 aromatic rings. The molecule has 0 aromatic heterocycles. The Balaban J connectivity index is 1.90. The van der Waals surface area contributed by atoms with E-state index in [0.29, 0.717) is 28.0 Å². The van der Waals surface area contributed by atoms with E-state index in [1.165, 1.54) is 14.0 Å². The number of benzene rings is 2. The van der Waals surface area contributed by atoms with E-state index in [2.05, 4.69) is 20.9 Å². The Morgan fingerprint density at radius 2 is 1.97 bits per heavy atom. The molecule has 0 bridgehead atoms. The van der Waals surface area contributed by atoms with Gasteiger partial charge in [-0.05, 0) is 70.9 Å². The van der Waals surface area contributed by atoms with Crippen LogP contribution in [0.1, 0.15) is 25.0 Å². The van der Waals surface area contributed by atoms with Crippen molar-refractivity contribution in [3.05, 3.63) is 57.7 Å². The van der Waals surface area contributed by atoms with E-state index in [-0.39, 0.29) is 17.3 Å². The third kappa shape index (κ3) is 4.83. The van der Waals surface area contributed by atoms with Gasteiger partial charge in [0.1, 0.15) is 5.75 Å². The smallest absolute Gasteiger partial charge is 0.363 e. The standard InChI is InChI=1S/C21H18BrNO6/c1-4-27-15-7-5-14(6-8-15)20-23-17(21(25)29-20)10-13-9-16(22)19(28-12(2)24)18(11-13)26-3/h5-11H,4H2,1-3H3. The Hall–Kier alpha value is -3.13. The highest BCUT2D eigenvalue weighted by atomic mass is 79.9. The summed E-state index contributed by atoms with van der Waals surface area (Å²) in [6, 6.07) is 10.4. The van der Waals surface area contributed by atoms with Crippen molar-refractivity contribution in [2.24, 2.45) is 4.99 Å². The van der Waals surface area contributed by atoms with Gasteiger partial charge in [-0.1, -0.05) is 0 Å². The second-order valence-electron chi connectivity index (χ2n) is 5.92. The van der Waals surface area contributed by atoms with Crippen LogP contribution in [0.25, 0.3) is 6.08 Å². The molecule has 0 N–H and O–H groups in total. The number of methoxy groups -OCH3 is 1. The van der Waals surface area contributed by atoms with Gasteiger partial charge in [-0.2, -0.15) is 0 Å². The van der Waals surface area contributed by atoms with E-state index in [9.17, 15) is 9.59 Å². The number of halogens is 1. The van der Waals surface area contributed by atoms with Gasteiger partial charge >= 0.3 is 11.9 Å². The molecule has 0 spiro atoms. The lowest BCUT2D eigenvalue weighted by Crippen LogP contribution is -2.05. The van der Waals surface area contributed by atoms with Crippen LogP contribution in [0.2, 0.25) is 0 Å². The zero-order valence-electron chi connectivity index (χ0n) is 16.0. The summed E-state index contributed by atoms with van der Waals surface area (Å²) in [5, 5.41) is 0. The van der Waals surface area contributed by atoms with Crippen molar-refractivity contribution in [2.45, 2.75) is 13.8 Å². The minimum absolute atomic E-state index is 0.142. The molecule has 1 heterocycles. The Morgan fingerprint density at radius 1 is 1.24 bits per heavy atom. The minimum atomic E-state index is -0.562. The molecule has 3 rings (SSSR count). The fraction of sp³-hybridized carbons (Fsp3) is 0.190. The summed E-state index contributed by atoms with van der Waals surface area (Å²) < 4.78 is 21.6. The normalized spacial score (nSPS) is 14.4. The highest BCUT2D eigenvalue weighted by Crippen LogP contribution is 2.37. The Kier molecular flexibility index (Phi) is 6.33. The van der Waals surface area contributed by atoms with Crippen molar-refractivity contribution in [1.82, 2.24) is 0 Å². The van der Waals surface area contributed by atoms with Crippen LogP contribution in [0.3, 0.4) is 0 Å². The highest BCUT2D eigenvalue weighted by molar-refractivity contribution is 9.10. The number of hydrogen-bond donors (Lipinski definition) is 0. The molecule has 0 saturated carbocycles. The first kappa shape index (κ1) is 20.6. The molecule has 0 amide bonds. The molecule has 7 nitrogen and oxygen atoms in total. The first-order valence-electron chi connectivity index (χ1n) is 8.73. The van der Waals surface area contributed by atoms with E-state index in [1.54, 1.807) is 42.5 Å². The molecule has 0 radical (unpaired) electrons. The molecule has 8 heteroatoms. The van der Waals surface area contributed by atoms with Crippen LogP contribution in [0.4, 0.5) is 0 Å². The average Bonchev–Trinajstić information content (AvgIpc) is 3.04. The largest absolute Gasteiger partial charge is 0.494 e. The van der Waals surface area contributed by atoms with E-state index >= 15 is 0 Å². The fourth-order valence-electron chi connectivity index (χ4n) is 2.62. The zero-order chi connectivity index (χ0) is 21.0. The highest BCUT2D eigenvalue weighted by Gasteiger charge is 2.24. The molecule has 1 aliphatic rings. The summed E-state index contributed by atoms with van der Waals surface area (Å²) in [5.41, 5.74) is 1.42. The number of esters is 2. The topological polar surface area (TPSA) is 83.4 Å². The van der Waals surface area contributed by atoms with Crippen LogP contribution < -0.4 is 14.2 Å². The number of aliphatic imine (C=N–C) groups is 1. The Morgan fingerprint density at radius 3 is 2.59 bits per heavy atom. The van der Waals surface area contributed by atoms with Gasteiger partial charge in [0.2, 0.25) is 5.90 Å². The van der Waals surface area contributed by atoms with Gasteiger partial charge < -0.3 is 18.9 Å². The number of nitrogens with zero attached hydrogens (tertiary/aromatic N) is 1. The van der Waals surface area contributed by atoms with E-state index in [1.807, 2.05) is 6.92 Å². The molecule has 150 valence electrons. The van der Waals surface area contributed by atoms with Gasteiger partial charge in [0.25, 0.3) is 0 Å². The van der Waals surface area contributed by atoms with Gasteiger partial charge in [-0.25, -0.2) is 9.79 Å². The summed E-state index contributed by atoms with van der Waals surface area (Å²) in [5.74, 6) is 0.499. The molecule has 2 aromatic carbocycles. The number of carbonyl (C=O) groups excluding carboxylic acids is 2. The zero-order valence-corrected chi connectivity index (χ0v) is 17.6. The SMILES string of the molecule is CCOc1ccc(C2=NC(=Cc3cc(Br)c(OC(C)=O)c(OC)c3)C(=O)O2)cc1. The predicted molar refractivity (Wildman–Crippen MR) is 110 cm³/mol. The van der Waals surface area contributed by atoms with E-state index in [4.69, 9.17) is 18.9 Å². The molecule has 1 aliphatic heterocycles. The van der Waals surface area contributed by atoms with Crippen LogP contribution in [0.15, 0.2) is 51.6 Å². The molecular weight excluding hydrogens is 442 g/mol. The number of cyclic esters (lactones) is 1. The molecule has 0 saturated heterocycles. The Bertz CT molecular complexity index is 1010. The number of ether oxygens (including phenoxy) is 4. The van der Waals surface area contributed by atoms with Crippen LogP contribution in [-0.2, 0) is 14.3 Å². The maximum atomic E-state index is 12.2. The molecule has 29 heavy (non-hydrogen) atoms. The van der Waals surface area contributed by atoms with Gasteiger partial charge in [0.05, 0.1) is 18.2 Å². The summed E-state index contributed by atoms with van der Waals surface area (Å²) in [7, 11) is 1.46. The van der Waals surface area contributed by atoms with Gasteiger partial charge in [-0.3, -0.25) is 4.79 Å². The number of hydrogen-bond acceptors (Lipinski definition) is 7. The molecule has 0 fully saturated rings. The maximum absolute atomic E-state index is 12.2. The minimum Gasteiger partial charge on any atom is -0.494 e. The van der Waals surface area contributed by atoms with Gasteiger partial charge in [0, 0.05) is 12.5 Å². The lowest BCUT2D eigenvalue weighted by Gasteiger charge is -2.11. The van der Waals surface area contributed by atoms with Crippen molar-refractivity contribution >= 4 is 39.8 Å². The maximum Gasteiger partial charge on any atom is 0.363 e. The summed E-state index contributed by atoms with van der Waals surface area (Å²) >= 11 is 3.35. The summed E-state index contributed by atoms with van der Waals surface area (Å²) in [4.78, 5) is 27.8. The van der Waals surface area contributed by atoms with Crippen LogP contribution >= 0.6 is 15.9 Å². The second kappa shape index (κ2) is 8.91. The monoisotopic (exact) mass is 459 g/mol. The molecule has 0 unspecified atom stereocenters. The summed E-state index contributed by atoms with van der Waals surface area (Å²) in [6.45, 7) is 3.77. The second-order valence-corrected chi connectivity index (χ2v) is 6.78. The first-order chi connectivity index (χ1) is 13.9.